The molecular weight excluding hydrogens is 292 g/mol. The van der Waals surface area contributed by atoms with Crippen LogP contribution in [0.2, 0.25) is 5.02 Å². The number of carbonyl (C=O) groups excluding carboxylic acids is 1. The van der Waals surface area contributed by atoms with E-state index in [1.165, 1.54) is 0 Å². The number of hydrogen-bond donors (Lipinski definition) is 0. The van der Waals surface area contributed by atoms with Crippen LogP contribution in [0.25, 0.3) is 11.1 Å². The molecule has 22 heavy (non-hydrogen) atoms. The Balaban J connectivity index is 2.18. The van der Waals surface area contributed by atoms with Gasteiger partial charge in [0.25, 0.3) is 0 Å². The fourth-order valence-corrected chi connectivity index (χ4v) is 2.73. The van der Waals surface area contributed by atoms with Crippen molar-refractivity contribution < 1.29 is 4.79 Å². The summed E-state index contributed by atoms with van der Waals surface area (Å²) in [7, 11) is 0. The summed E-state index contributed by atoms with van der Waals surface area (Å²) in [4.78, 5) is 12.8. The third-order valence-corrected chi connectivity index (χ3v) is 3.93. The van der Waals surface area contributed by atoms with Crippen molar-refractivity contribution in [3.63, 3.8) is 0 Å². The first-order valence-electron chi connectivity index (χ1n) is 7.12. The molecular formula is C20H15ClO. The summed E-state index contributed by atoms with van der Waals surface area (Å²) in [5.74, 6) is -0.0126. The monoisotopic (exact) mass is 306 g/mol. The van der Waals surface area contributed by atoms with Gasteiger partial charge in [-0.05, 0) is 35.7 Å². The van der Waals surface area contributed by atoms with Gasteiger partial charge in [0.05, 0.1) is 0 Å². The van der Waals surface area contributed by atoms with Gasteiger partial charge >= 0.3 is 0 Å². The highest BCUT2D eigenvalue weighted by molar-refractivity contribution is 6.31. The summed E-state index contributed by atoms with van der Waals surface area (Å²) >= 11 is 6.12. The van der Waals surface area contributed by atoms with Gasteiger partial charge in [0, 0.05) is 16.1 Å². The molecule has 0 heterocycles. The first-order chi connectivity index (χ1) is 10.7. The minimum Gasteiger partial charge on any atom is -0.289 e. The Morgan fingerprint density at radius 3 is 2.23 bits per heavy atom. The normalized spacial score (nSPS) is 10.5. The van der Waals surface area contributed by atoms with Crippen LogP contribution in [0.1, 0.15) is 21.5 Å². The fourth-order valence-electron chi connectivity index (χ4n) is 2.56. The van der Waals surface area contributed by atoms with Gasteiger partial charge in [-0.25, -0.2) is 0 Å². The molecule has 0 N–H and O–H groups in total. The van der Waals surface area contributed by atoms with Crippen LogP contribution in [0, 0.1) is 6.92 Å². The molecule has 0 radical (unpaired) electrons. The quantitative estimate of drug-likeness (QED) is 0.580. The van der Waals surface area contributed by atoms with E-state index < -0.39 is 0 Å². The second-order valence-corrected chi connectivity index (χ2v) is 5.64. The first-order valence-corrected chi connectivity index (χ1v) is 7.50. The molecule has 0 saturated heterocycles. The minimum atomic E-state index is -0.0126. The lowest BCUT2D eigenvalue weighted by Crippen LogP contribution is -2.04. The van der Waals surface area contributed by atoms with E-state index in [0.29, 0.717) is 16.1 Å². The number of benzene rings is 3. The molecule has 0 fully saturated rings. The lowest BCUT2D eigenvalue weighted by Gasteiger charge is -2.12. The standard InChI is InChI=1S/C20H15ClO/c1-14-7-5-6-10-17(14)18-12-11-16(21)13-19(18)20(22)15-8-3-2-4-9-15/h2-13H,1H3. The maximum absolute atomic E-state index is 12.8. The third-order valence-electron chi connectivity index (χ3n) is 3.70. The van der Waals surface area contributed by atoms with E-state index in [2.05, 4.69) is 0 Å². The molecule has 0 unspecified atom stereocenters. The highest BCUT2D eigenvalue weighted by Gasteiger charge is 2.16. The second-order valence-electron chi connectivity index (χ2n) is 5.20. The van der Waals surface area contributed by atoms with Gasteiger partial charge in [-0.1, -0.05) is 72.3 Å². The minimum absolute atomic E-state index is 0.0126. The number of aryl methyl sites for hydroxylation is 1. The average Bonchev–Trinajstić information content (AvgIpc) is 2.56. The highest BCUT2D eigenvalue weighted by atomic mass is 35.5. The zero-order valence-electron chi connectivity index (χ0n) is 12.2. The molecule has 3 aromatic rings. The molecule has 0 aliphatic carbocycles. The van der Waals surface area contributed by atoms with E-state index in [9.17, 15) is 4.79 Å². The molecule has 2 heteroatoms. The SMILES string of the molecule is Cc1ccccc1-c1ccc(Cl)cc1C(=O)c1ccccc1. The predicted molar refractivity (Wildman–Crippen MR) is 91.5 cm³/mol. The number of hydrogen-bond acceptors (Lipinski definition) is 1. The average molecular weight is 307 g/mol. The molecule has 0 atom stereocenters. The summed E-state index contributed by atoms with van der Waals surface area (Å²) in [5, 5.41) is 0.566. The zero-order chi connectivity index (χ0) is 15.5. The van der Waals surface area contributed by atoms with Crippen molar-refractivity contribution in [3.8, 4) is 11.1 Å². The Labute approximate surface area is 135 Å². The van der Waals surface area contributed by atoms with Crippen LogP contribution in [0.3, 0.4) is 0 Å². The van der Waals surface area contributed by atoms with Crippen molar-refractivity contribution in [1.82, 2.24) is 0 Å². The second kappa shape index (κ2) is 6.17. The van der Waals surface area contributed by atoms with Gasteiger partial charge in [-0.15, -0.1) is 0 Å². The number of rotatable bonds is 3. The number of halogens is 1. The topological polar surface area (TPSA) is 17.1 Å². The van der Waals surface area contributed by atoms with E-state index in [4.69, 9.17) is 11.6 Å². The molecule has 0 aliphatic heterocycles. The lowest BCUT2D eigenvalue weighted by molar-refractivity contribution is 0.103. The summed E-state index contributed by atoms with van der Waals surface area (Å²) in [5.41, 5.74) is 4.40. The molecule has 0 bridgehead atoms. The number of ketones is 1. The molecule has 0 saturated carbocycles. The van der Waals surface area contributed by atoms with Crippen molar-refractivity contribution in [1.29, 1.82) is 0 Å². The van der Waals surface area contributed by atoms with Gasteiger partial charge in [0.1, 0.15) is 0 Å². The maximum atomic E-state index is 12.8. The largest absolute Gasteiger partial charge is 0.289 e. The summed E-state index contributed by atoms with van der Waals surface area (Å²) in [6, 6.07) is 22.8. The zero-order valence-corrected chi connectivity index (χ0v) is 13.0. The van der Waals surface area contributed by atoms with E-state index in [0.717, 1.165) is 16.7 Å². The molecule has 3 aromatic carbocycles. The smallest absolute Gasteiger partial charge is 0.193 e. The van der Waals surface area contributed by atoms with Gasteiger partial charge in [-0.3, -0.25) is 4.79 Å². The Morgan fingerprint density at radius 1 is 0.818 bits per heavy atom. The summed E-state index contributed by atoms with van der Waals surface area (Å²) < 4.78 is 0. The maximum Gasteiger partial charge on any atom is 0.193 e. The molecule has 3 rings (SSSR count). The van der Waals surface area contributed by atoms with Crippen molar-refractivity contribution >= 4 is 17.4 Å². The number of carbonyl (C=O) groups is 1. The van der Waals surface area contributed by atoms with Crippen LogP contribution in [-0.4, -0.2) is 5.78 Å². The molecule has 0 amide bonds. The van der Waals surface area contributed by atoms with Gasteiger partial charge < -0.3 is 0 Å². The molecule has 0 aliphatic rings. The van der Waals surface area contributed by atoms with Crippen LogP contribution < -0.4 is 0 Å². The van der Waals surface area contributed by atoms with Crippen molar-refractivity contribution in [2.45, 2.75) is 6.92 Å². The lowest BCUT2D eigenvalue weighted by atomic mass is 9.92. The van der Waals surface area contributed by atoms with Gasteiger partial charge in [-0.2, -0.15) is 0 Å². The first kappa shape index (κ1) is 14.6. The molecule has 0 spiro atoms. The van der Waals surface area contributed by atoms with E-state index in [1.54, 1.807) is 6.07 Å². The molecule has 108 valence electrons. The Hall–Kier alpha value is -2.38. The predicted octanol–water partition coefficient (Wildman–Crippen LogP) is 5.55. The Bertz CT molecular complexity index is 822. The van der Waals surface area contributed by atoms with E-state index >= 15 is 0 Å². The van der Waals surface area contributed by atoms with Crippen LogP contribution in [0.4, 0.5) is 0 Å². The van der Waals surface area contributed by atoms with Gasteiger partial charge in [0.15, 0.2) is 5.78 Å². The van der Waals surface area contributed by atoms with Crippen LogP contribution >= 0.6 is 11.6 Å². The summed E-state index contributed by atoms with van der Waals surface area (Å²) in [6.45, 7) is 2.04. The van der Waals surface area contributed by atoms with Crippen LogP contribution in [0.5, 0.6) is 0 Å². The van der Waals surface area contributed by atoms with E-state index in [-0.39, 0.29) is 5.78 Å². The van der Waals surface area contributed by atoms with Crippen molar-refractivity contribution in [2.75, 3.05) is 0 Å². The van der Waals surface area contributed by atoms with Crippen molar-refractivity contribution in [2.24, 2.45) is 0 Å². The van der Waals surface area contributed by atoms with Gasteiger partial charge in [0.2, 0.25) is 0 Å². The molecule has 0 aromatic heterocycles. The van der Waals surface area contributed by atoms with E-state index in [1.807, 2.05) is 73.7 Å². The van der Waals surface area contributed by atoms with Crippen molar-refractivity contribution in [3.05, 3.63) is 94.5 Å². The third kappa shape index (κ3) is 2.81. The fraction of sp³-hybridized carbons (Fsp3) is 0.0500. The Kier molecular flexibility index (Phi) is 4.08. The summed E-state index contributed by atoms with van der Waals surface area (Å²) in [6.07, 6.45) is 0. The molecule has 1 nitrogen and oxygen atoms in total. The van der Waals surface area contributed by atoms with Crippen LogP contribution in [-0.2, 0) is 0 Å². The highest BCUT2D eigenvalue weighted by Crippen LogP contribution is 2.30. The van der Waals surface area contributed by atoms with Crippen LogP contribution in [0.15, 0.2) is 72.8 Å². The Morgan fingerprint density at radius 2 is 1.50 bits per heavy atom.